The Morgan fingerprint density at radius 3 is 2.70 bits per heavy atom. The van der Waals surface area contributed by atoms with E-state index < -0.39 is 0 Å². The van der Waals surface area contributed by atoms with E-state index in [0.717, 1.165) is 6.54 Å². The largest absolute Gasteiger partial charge is 0.381 e. The summed E-state index contributed by atoms with van der Waals surface area (Å²) in [7, 11) is 2.14. The van der Waals surface area contributed by atoms with Crippen LogP contribution in [0.2, 0.25) is 5.02 Å². The summed E-state index contributed by atoms with van der Waals surface area (Å²) in [5.41, 5.74) is 0.375. The summed E-state index contributed by atoms with van der Waals surface area (Å²) in [6.07, 6.45) is 4.20. The zero-order chi connectivity index (χ0) is 14.9. The van der Waals surface area contributed by atoms with E-state index in [4.69, 9.17) is 11.6 Å². The molecule has 0 spiro atoms. The number of nitrogens with zero attached hydrogens (tertiary/aromatic N) is 3. The van der Waals surface area contributed by atoms with E-state index in [-0.39, 0.29) is 16.6 Å². The van der Waals surface area contributed by atoms with E-state index in [1.165, 1.54) is 17.5 Å². The molecule has 1 N–H and O–H groups in total. The molecule has 6 heteroatoms. The van der Waals surface area contributed by atoms with Crippen molar-refractivity contribution in [1.82, 2.24) is 14.7 Å². The summed E-state index contributed by atoms with van der Waals surface area (Å²) in [6.45, 7) is 6.73. The first-order chi connectivity index (χ1) is 9.41. The Hall–Kier alpha value is -1.07. The smallest absolute Gasteiger partial charge is 0.287 e. The number of halogens is 1. The molecule has 5 nitrogen and oxygen atoms in total. The van der Waals surface area contributed by atoms with Crippen LogP contribution in [0.5, 0.6) is 0 Å². The Morgan fingerprint density at radius 1 is 1.50 bits per heavy atom. The average molecular weight is 299 g/mol. The van der Waals surface area contributed by atoms with E-state index in [1.54, 1.807) is 6.20 Å². The van der Waals surface area contributed by atoms with Crippen LogP contribution < -0.4 is 10.9 Å². The zero-order valence-electron chi connectivity index (χ0n) is 12.6. The van der Waals surface area contributed by atoms with E-state index in [2.05, 4.69) is 29.3 Å². The lowest BCUT2D eigenvalue weighted by atomic mass is 10.3. The number of likely N-dealkylation sites (N-methyl/N-ethyl adjacent to an activating group) is 1. The van der Waals surface area contributed by atoms with Gasteiger partial charge in [-0.05, 0) is 40.7 Å². The van der Waals surface area contributed by atoms with Crippen LogP contribution in [-0.4, -0.2) is 40.4 Å². The van der Waals surface area contributed by atoms with Gasteiger partial charge in [-0.25, -0.2) is 4.68 Å². The van der Waals surface area contributed by atoms with Crippen LogP contribution in [0.3, 0.4) is 0 Å². The zero-order valence-corrected chi connectivity index (χ0v) is 13.3. The molecule has 0 amide bonds. The summed E-state index contributed by atoms with van der Waals surface area (Å²) >= 11 is 6.13. The van der Waals surface area contributed by atoms with Crippen molar-refractivity contribution in [2.45, 2.75) is 51.7 Å². The number of aromatic nitrogens is 2. The first-order valence-corrected chi connectivity index (χ1v) is 7.52. The van der Waals surface area contributed by atoms with Gasteiger partial charge in [0.05, 0.1) is 17.9 Å². The summed E-state index contributed by atoms with van der Waals surface area (Å²) in [5.74, 6) is 0. The lowest BCUT2D eigenvalue weighted by molar-refractivity contribution is 0.257. The molecule has 1 aliphatic rings. The molecular weight excluding hydrogens is 276 g/mol. The van der Waals surface area contributed by atoms with Crippen LogP contribution in [0.15, 0.2) is 11.0 Å². The Morgan fingerprint density at radius 2 is 2.15 bits per heavy atom. The predicted octanol–water partition coefficient (Wildman–Crippen LogP) is 2.37. The van der Waals surface area contributed by atoms with E-state index in [1.807, 2.05) is 13.8 Å². The molecule has 2 rings (SSSR count). The maximum Gasteiger partial charge on any atom is 0.287 e. The van der Waals surface area contributed by atoms with Crippen LogP contribution in [-0.2, 0) is 0 Å². The topological polar surface area (TPSA) is 50.2 Å². The fourth-order valence-electron chi connectivity index (χ4n) is 2.18. The Balaban J connectivity index is 2.03. The van der Waals surface area contributed by atoms with Gasteiger partial charge in [0.1, 0.15) is 5.02 Å². The van der Waals surface area contributed by atoms with Gasteiger partial charge in [0.25, 0.3) is 5.56 Å². The maximum atomic E-state index is 12.0. The molecule has 1 aromatic heterocycles. The molecule has 1 aliphatic carbocycles. The third-order valence-electron chi connectivity index (χ3n) is 3.84. The third kappa shape index (κ3) is 3.33. The van der Waals surface area contributed by atoms with Gasteiger partial charge in [-0.15, -0.1) is 0 Å². The molecule has 0 aromatic carbocycles. The Labute approximate surface area is 124 Å². The molecule has 0 bridgehead atoms. The molecule has 1 fully saturated rings. The minimum Gasteiger partial charge on any atom is -0.381 e. The van der Waals surface area contributed by atoms with Gasteiger partial charge in [0, 0.05) is 18.6 Å². The molecule has 1 atom stereocenters. The van der Waals surface area contributed by atoms with Gasteiger partial charge in [0.2, 0.25) is 0 Å². The fraction of sp³-hybridized carbons (Fsp3) is 0.714. The van der Waals surface area contributed by atoms with Crippen molar-refractivity contribution in [1.29, 1.82) is 0 Å². The van der Waals surface area contributed by atoms with Crippen molar-refractivity contribution in [3.05, 3.63) is 21.6 Å². The number of hydrogen-bond donors (Lipinski definition) is 1. The normalized spacial score (nSPS) is 16.8. The minimum absolute atomic E-state index is 0.00831. The van der Waals surface area contributed by atoms with Crippen molar-refractivity contribution < 1.29 is 0 Å². The molecule has 0 radical (unpaired) electrons. The fourth-order valence-corrected chi connectivity index (χ4v) is 2.38. The molecule has 1 saturated carbocycles. The van der Waals surface area contributed by atoms with Crippen LogP contribution >= 0.6 is 11.6 Å². The van der Waals surface area contributed by atoms with Crippen LogP contribution in [0.1, 0.15) is 39.7 Å². The monoisotopic (exact) mass is 298 g/mol. The first-order valence-electron chi connectivity index (χ1n) is 7.15. The second-order valence-corrected chi connectivity index (χ2v) is 6.22. The van der Waals surface area contributed by atoms with E-state index in [0.29, 0.717) is 17.8 Å². The van der Waals surface area contributed by atoms with Gasteiger partial charge in [0.15, 0.2) is 0 Å². The standard InChI is InChI=1S/C14H23ClN4O/c1-9(2)19-14(20)13(15)12(8-17-19)16-7-10(3)18(4)11-5-6-11/h8-11,16H,5-7H2,1-4H3. The molecule has 1 aromatic rings. The van der Waals surface area contributed by atoms with Gasteiger partial charge in [-0.3, -0.25) is 9.69 Å². The highest BCUT2D eigenvalue weighted by atomic mass is 35.5. The predicted molar refractivity (Wildman–Crippen MR) is 82.6 cm³/mol. The summed E-state index contributed by atoms with van der Waals surface area (Å²) in [4.78, 5) is 14.4. The number of nitrogens with one attached hydrogen (secondary N) is 1. The molecule has 0 aliphatic heterocycles. The molecule has 1 heterocycles. The van der Waals surface area contributed by atoms with E-state index in [9.17, 15) is 4.79 Å². The second-order valence-electron chi connectivity index (χ2n) is 5.84. The highest BCUT2D eigenvalue weighted by Crippen LogP contribution is 2.27. The lowest BCUT2D eigenvalue weighted by Gasteiger charge is -2.25. The van der Waals surface area contributed by atoms with Crippen molar-refractivity contribution in [2.75, 3.05) is 18.9 Å². The molecule has 112 valence electrons. The maximum absolute atomic E-state index is 12.0. The van der Waals surface area contributed by atoms with Crippen LogP contribution in [0.4, 0.5) is 5.69 Å². The Bertz CT molecular complexity index is 524. The average Bonchev–Trinajstić information content (AvgIpc) is 3.23. The molecule has 0 saturated heterocycles. The van der Waals surface area contributed by atoms with Crippen molar-refractivity contribution >= 4 is 17.3 Å². The van der Waals surface area contributed by atoms with Gasteiger partial charge >= 0.3 is 0 Å². The Kier molecular flexibility index (Phi) is 4.70. The van der Waals surface area contributed by atoms with E-state index >= 15 is 0 Å². The van der Waals surface area contributed by atoms with Crippen LogP contribution in [0, 0.1) is 0 Å². The molecule has 1 unspecified atom stereocenters. The summed E-state index contributed by atoms with van der Waals surface area (Å²) in [6, 6.07) is 1.12. The lowest BCUT2D eigenvalue weighted by Crippen LogP contribution is -2.36. The number of anilines is 1. The molecule has 20 heavy (non-hydrogen) atoms. The van der Waals surface area contributed by atoms with Crippen molar-refractivity contribution in [3.63, 3.8) is 0 Å². The third-order valence-corrected chi connectivity index (χ3v) is 4.20. The second kappa shape index (κ2) is 6.14. The highest BCUT2D eigenvalue weighted by molar-refractivity contribution is 6.32. The molecular formula is C14H23ClN4O. The SMILES string of the molecule is CC(CNc1cnn(C(C)C)c(=O)c1Cl)N(C)C1CC1. The summed E-state index contributed by atoms with van der Waals surface area (Å²) in [5, 5.41) is 7.60. The highest BCUT2D eigenvalue weighted by Gasteiger charge is 2.29. The summed E-state index contributed by atoms with van der Waals surface area (Å²) < 4.78 is 1.40. The quantitative estimate of drug-likeness (QED) is 0.876. The first kappa shape index (κ1) is 15.3. The van der Waals surface area contributed by atoms with Gasteiger partial charge in [-0.1, -0.05) is 11.6 Å². The van der Waals surface area contributed by atoms with Crippen molar-refractivity contribution in [2.24, 2.45) is 0 Å². The van der Waals surface area contributed by atoms with Crippen LogP contribution in [0.25, 0.3) is 0 Å². The van der Waals surface area contributed by atoms with Crippen molar-refractivity contribution in [3.8, 4) is 0 Å². The number of hydrogen-bond acceptors (Lipinski definition) is 4. The van der Waals surface area contributed by atoms with Gasteiger partial charge < -0.3 is 5.32 Å². The minimum atomic E-state index is -0.241. The van der Waals surface area contributed by atoms with Gasteiger partial charge in [-0.2, -0.15) is 5.10 Å². The number of rotatable bonds is 6.